The number of carbonyl (C=O) groups excluding carboxylic acids is 2. The first-order valence-corrected chi connectivity index (χ1v) is 11.5. The van der Waals surface area contributed by atoms with E-state index >= 15 is 0 Å². The molecular formula is C25H23BrN4O4. The second-order valence-electron chi connectivity index (χ2n) is 7.74. The largest absolute Gasteiger partial charge is 0.441 e. The molecule has 4 rings (SSSR count). The molecule has 3 N–H and O–H groups in total. The summed E-state index contributed by atoms with van der Waals surface area (Å²) >= 11 is 3.37. The first-order valence-electron chi connectivity index (χ1n) is 10.7. The summed E-state index contributed by atoms with van der Waals surface area (Å²) in [5.41, 5.74) is 2.74. The molecule has 3 aromatic rings. The predicted molar refractivity (Wildman–Crippen MR) is 131 cm³/mol. The van der Waals surface area contributed by atoms with E-state index in [1.54, 1.807) is 60.8 Å². The molecule has 0 aliphatic carbocycles. The fourth-order valence-corrected chi connectivity index (χ4v) is 3.58. The molecule has 1 aliphatic rings. The van der Waals surface area contributed by atoms with Crippen LogP contribution in [0.2, 0.25) is 0 Å². The third-order valence-electron chi connectivity index (χ3n) is 5.23. The molecule has 2 aromatic carbocycles. The SMILES string of the molecule is N=C(CC(NC(=O)c1ccc(Br)cc1)c1ccccn1)c1ccc(NC(=O)OC2COC2)cc1. The maximum absolute atomic E-state index is 12.8. The Bertz CT molecular complexity index is 1150. The second-order valence-corrected chi connectivity index (χ2v) is 8.65. The van der Waals surface area contributed by atoms with Gasteiger partial charge in [0, 0.05) is 34.1 Å². The van der Waals surface area contributed by atoms with E-state index in [0.29, 0.717) is 41.4 Å². The van der Waals surface area contributed by atoms with Crippen molar-refractivity contribution in [3.8, 4) is 0 Å². The third kappa shape index (κ3) is 6.27. The number of nitrogens with one attached hydrogen (secondary N) is 3. The van der Waals surface area contributed by atoms with Crippen LogP contribution in [0.4, 0.5) is 10.5 Å². The van der Waals surface area contributed by atoms with Gasteiger partial charge in [-0.25, -0.2) is 4.79 Å². The Balaban J connectivity index is 1.42. The fourth-order valence-electron chi connectivity index (χ4n) is 3.31. The highest BCUT2D eigenvalue weighted by Crippen LogP contribution is 2.20. The summed E-state index contributed by atoms with van der Waals surface area (Å²) in [6.45, 7) is 0.832. The van der Waals surface area contributed by atoms with Crippen LogP contribution < -0.4 is 10.6 Å². The minimum Gasteiger partial charge on any atom is -0.441 e. The summed E-state index contributed by atoms with van der Waals surface area (Å²) in [6, 6.07) is 19.0. The molecule has 174 valence electrons. The van der Waals surface area contributed by atoms with Crippen molar-refractivity contribution in [3.05, 3.63) is 94.2 Å². The normalized spacial score (nSPS) is 13.9. The standard InChI is InChI=1S/C25H23BrN4O4/c26-18-8-4-17(5-9-18)24(31)30-23(22-3-1-2-12-28-22)13-21(27)16-6-10-19(11-7-16)29-25(32)34-20-14-33-15-20/h1-12,20,23,27H,13-15H2,(H,29,32)(H,30,31). The van der Waals surface area contributed by atoms with Crippen LogP contribution in [0.5, 0.6) is 0 Å². The minimum atomic E-state index is -0.540. The lowest BCUT2D eigenvalue weighted by atomic mass is 9.99. The van der Waals surface area contributed by atoms with Crippen molar-refractivity contribution < 1.29 is 19.1 Å². The van der Waals surface area contributed by atoms with Gasteiger partial charge in [0.1, 0.15) is 0 Å². The van der Waals surface area contributed by atoms with Gasteiger partial charge in [-0.2, -0.15) is 0 Å². The second kappa shape index (κ2) is 11.0. The third-order valence-corrected chi connectivity index (χ3v) is 5.75. The summed E-state index contributed by atoms with van der Waals surface area (Å²) < 4.78 is 11.1. The average Bonchev–Trinajstić information content (AvgIpc) is 2.82. The Labute approximate surface area is 205 Å². The molecule has 34 heavy (non-hydrogen) atoms. The quantitative estimate of drug-likeness (QED) is 0.370. The lowest BCUT2D eigenvalue weighted by molar-refractivity contribution is -0.0951. The number of anilines is 1. The number of nitrogens with zero attached hydrogens (tertiary/aromatic N) is 1. The first kappa shape index (κ1) is 23.6. The van der Waals surface area contributed by atoms with Gasteiger partial charge in [-0.15, -0.1) is 0 Å². The molecule has 9 heteroatoms. The average molecular weight is 523 g/mol. The van der Waals surface area contributed by atoms with E-state index < -0.39 is 12.1 Å². The smallest absolute Gasteiger partial charge is 0.412 e. The molecule has 0 spiro atoms. The molecule has 0 radical (unpaired) electrons. The summed E-state index contributed by atoms with van der Waals surface area (Å²) in [5, 5.41) is 14.3. The van der Waals surface area contributed by atoms with E-state index in [0.717, 1.165) is 4.47 Å². The van der Waals surface area contributed by atoms with Crippen LogP contribution in [0.1, 0.15) is 34.1 Å². The van der Waals surface area contributed by atoms with E-state index in [9.17, 15) is 9.59 Å². The molecule has 1 unspecified atom stereocenters. The van der Waals surface area contributed by atoms with Crippen molar-refractivity contribution in [3.63, 3.8) is 0 Å². The molecule has 1 aliphatic heterocycles. The molecule has 8 nitrogen and oxygen atoms in total. The number of rotatable bonds is 8. The molecule has 1 saturated heterocycles. The number of halogens is 1. The van der Waals surface area contributed by atoms with Gasteiger partial charge in [0.15, 0.2) is 6.10 Å². The van der Waals surface area contributed by atoms with Crippen molar-refractivity contribution in [1.82, 2.24) is 10.3 Å². The number of hydrogen-bond acceptors (Lipinski definition) is 6. The van der Waals surface area contributed by atoms with Gasteiger partial charge in [-0.05, 0) is 54.1 Å². The van der Waals surface area contributed by atoms with E-state index in [1.165, 1.54) is 0 Å². The lowest BCUT2D eigenvalue weighted by Gasteiger charge is -2.25. The maximum atomic E-state index is 12.8. The Morgan fingerprint density at radius 2 is 1.76 bits per heavy atom. The fraction of sp³-hybridized carbons (Fsp3) is 0.200. The van der Waals surface area contributed by atoms with Gasteiger partial charge in [0.2, 0.25) is 0 Å². The summed E-state index contributed by atoms with van der Waals surface area (Å²) in [5.74, 6) is -0.245. The summed E-state index contributed by atoms with van der Waals surface area (Å²) in [6.07, 6.45) is 1.16. The Hall–Kier alpha value is -3.56. The molecule has 1 atom stereocenters. The van der Waals surface area contributed by atoms with Crippen molar-refractivity contribution >= 4 is 39.3 Å². The highest BCUT2D eigenvalue weighted by atomic mass is 79.9. The van der Waals surface area contributed by atoms with Crippen molar-refractivity contribution in [1.29, 1.82) is 5.41 Å². The van der Waals surface area contributed by atoms with E-state index in [4.69, 9.17) is 14.9 Å². The molecule has 0 bridgehead atoms. The Morgan fingerprint density at radius 3 is 2.38 bits per heavy atom. The Kier molecular flexibility index (Phi) is 7.66. The number of amides is 2. The number of ether oxygens (including phenoxy) is 2. The monoisotopic (exact) mass is 522 g/mol. The number of aromatic nitrogens is 1. The van der Waals surface area contributed by atoms with Crippen molar-refractivity contribution in [2.45, 2.75) is 18.6 Å². The summed E-state index contributed by atoms with van der Waals surface area (Å²) in [7, 11) is 0. The van der Waals surface area contributed by atoms with Crippen LogP contribution in [0, 0.1) is 5.41 Å². The van der Waals surface area contributed by atoms with E-state index in [2.05, 4.69) is 31.5 Å². The zero-order valence-corrected chi connectivity index (χ0v) is 19.7. The van der Waals surface area contributed by atoms with Gasteiger partial charge < -0.3 is 20.2 Å². The summed E-state index contributed by atoms with van der Waals surface area (Å²) in [4.78, 5) is 29.1. The zero-order valence-electron chi connectivity index (χ0n) is 18.2. The maximum Gasteiger partial charge on any atom is 0.412 e. The van der Waals surface area contributed by atoms with Gasteiger partial charge in [-0.3, -0.25) is 15.1 Å². The number of carbonyl (C=O) groups is 2. The minimum absolute atomic E-state index is 0.205. The van der Waals surface area contributed by atoms with Crippen LogP contribution in [0.3, 0.4) is 0 Å². The number of hydrogen-bond donors (Lipinski definition) is 3. The number of benzene rings is 2. The van der Waals surface area contributed by atoms with Gasteiger partial charge >= 0.3 is 6.09 Å². The lowest BCUT2D eigenvalue weighted by Crippen LogP contribution is -2.38. The van der Waals surface area contributed by atoms with Crippen LogP contribution in [0.15, 0.2) is 77.4 Å². The van der Waals surface area contributed by atoms with Gasteiger partial charge in [-0.1, -0.05) is 34.1 Å². The highest BCUT2D eigenvalue weighted by Gasteiger charge is 2.23. The predicted octanol–water partition coefficient (Wildman–Crippen LogP) is 4.72. The molecule has 2 amide bonds. The van der Waals surface area contributed by atoms with Crippen molar-refractivity contribution in [2.75, 3.05) is 18.5 Å². The van der Waals surface area contributed by atoms with Crippen LogP contribution in [0.25, 0.3) is 0 Å². The van der Waals surface area contributed by atoms with Crippen LogP contribution in [-0.2, 0) is 9.47 Å². The van der Waals surface area contributed by atoms with E-state index in [1.807, 2.05) is 12.1 Å². The van der Waals surface area contributed by atoms with E-state index in [-0.39, 0.29) is 18.4 Å². The number of pyridine rings is 1. The van der Waals surface area contributed by atoms with Crippen molar-refractivity contribution in [2.24, 2.45) is 0 Å². The highest BCUT2D eigenvalue weighted by molar-refractivity contribution is 9.10. The molecule has 0 saturated carbocycles. The van der Waals surface area contributed by atoms with Crippen LogP contribution in [-0.4, -0.2) is 42.0 Å². The van der Waals surface area contributed by atoms with Gasteiger partial charge in [0.05, 0.1) is 24.9 Å². The van der Waals surface area contributed by atoms with Gasteiger partial charge in [0.25, 0.3) is 5.91 Å². The molecule has 1 aromatic heterocycles. The topological polar surface area (TPSA) is 113 Å². The molecule has 1 fully saturated rings. The Morgan fingerprint density at radius 1 is 1.06 bits per heavy atom. The molecular weight excluding hydrogens is 500 g/mol. The molecule has 2 heterocycles. The van der Waals surface area contributed by atoms with Crippen LogP contribution >= 0.6 is 15.9 Å². The first-order chi connectivity index (χ1) is 16.5. The zero-order chi connectivity index (χ0) is 23.9.